The molecule has 1 aliphatic heterocycles. The highest BCUT2D eigenvalue weighted by Crippen LogP contribution is 2.29. The summed E-state index contributed by atoms with van der Waals surface area (Å²) in [4.78, 5) is 11.9. The Morgan fingerprint density at radius 2 is 2.11 bits per heavy atom. The maximum absolute atomic E-state index is 11.9. The summed E-state index contributed by atoms with van der Waals surface area (Å²) in [6, 6.07) is 0.460. The predicted octanol–water partition coefficient (Wildman–Crippen LogP) is 1.72. The van der Waals surface area contributed by atoms with Gasteiger partial charge in [0.25, 0.3) is 0 Å². The van der Waals surface area contributed by atoms with Crippen LogP contribution in [-0.2, 0) is 9.53 Å². The second kappa shape index (κ2) is 6.02. The van der Waals surface area contributed by atoms with E-state index in [4.69, 9.17) is 10.5 Å². The first-order valence-corrected chi connectivity index (χ1v) is 7.35. The van der Waals surface area contributed by atoms with Crippen molar-refractivity contribution in [2.24, 2.45) is 5.73 Å². The normalized spacial score (nSPS) is 34.4. The van der Waals surface area contributed by atoms with Crippen LogP contribution in [0.5, 0.6) is 0 Å². The molecule has 2 atom stereocenters. The van der Waals surface area contributed by atoms with Crippen LogP contribution < -0.4 is 11.1 Å². The Kier molecular flexibility index (Phi) is 4.62. The lowest BCUT2D eigenvalue weighted by Crippen LogP contribution is -2.62. The average molecular weight is 254 g/mol. The van der Waals surface area contributed by atoms with E-state index in [-0.39, 0.29) is 12.0 Å². The molecule has 2 aliphatic rings. The lowest BCUT2D eigenvalue weighted by molar-refractivity contribution is -0.132. The minimum atomic E-state index is -0.527. The van der Waals surface area contributed by atoms with E-state index in [0.717, 1.165) is 19.3 Å². The molecule has 2 rings (SSSR count). The van der Waals surface area contributed by atoms with Gasteiger partial charge in [0, 0.05) is 19.1 Å². The molecular weight excluding hydrogens is 228 g/mol. The fourth-order valence-corrected chi connectivity index (χ4v) is 3.28. The van der Waals surface area contributed by atoms with Gasteiger partial charge in [0.05, 0.1) is 6.10 Å². The molecular formula is C14H26N2O2. The average Bonchev–Trinajstić information content (AvgIpc) is 2.40. The van der Waals surface area contributed by atoms with E-state index < -0.39 is 5.54 Å². The Hall–Kier alpha value is -0.610. The molecule has 0 spiro atoms. The van der Waals surface area contributed by atoms with Gasteiger partial charge in [0.15, 0.2) is 0 Å². The van der Waals surface area contributed by atoms with Gasteiger partial charge in [0.2, 0.25) is 5.91 Å². The van der Waals surface area contributed by atoms with Crippen LogP contribution in [-0.4, -0.2) is 30.2 Å². The number of amides is 1. The monoisotopic (exact) mass is 254 g/mol. The minimum Gasteiger partial charge on any atom is -0.378 e. The van der Waals surface area contributed by atoms with Crippen molar-refractivity contribution in [3.63, 3.8) is 0 Å². The summed E-state index contributed by atoms with van der Waals surface area (Å²) < 4.78 is 5.67. The van der Waals surface area contributed by atoms with Crippen LogP contribution in [0.25, 0.3) is 0 Å². The zero-order valence-corrected chi connectivity index (χ0v) is 11.4. The highest BCUT2D eigenvalue weighted by molar-refractivity contribution is 5.84. The summed E-state index contributed by atoms with van der Waals surface area (Å²) >= 11 is 0. The third kappa shape index (κ3) is 3.04. The van der Waals surface area contributed by atoms with Gasteiger partial charge in [-0.25, -0.2) is 0 Å². The van der Waals surface area contributed by atoms with E-state index in [0.29, 0.717) is 12.6 Å². The molecule has 0 aromatic carbocycles. The van der Waals surface area contributed by atoms with Gasteiger partial charge in [-0.15, -0.1) is 0 Å². The van der Waals surface area contributed by atoms with Crippen LogP contribution in [0, 0.1) is 0 Å². The van der Waals surface area contributed by atoms with Crippen molar-refractivity contribution < 1.29 is 9.53 Å². The summed E-state index contributed by atoms with van der Waals surface area (Å²) in [6.07, 6.45) is 8.76. The Bertz CT molecular complexity index is 290. The molecule has 1 saturated carbocycles. The van der Waals surface area contributed by atoms with Gasteiger partial charge in [-0.05, 0) is 25.7 Å². The maximum atomic E-state index is 11.9. The van der Waals surface area contributed by atoms with Crippen molar-refractivity contribution in [2.45, 2.75) is 76.0 Å². The number of carbonyl (C=O) groups excluding carboxylic acids is 1. The Morgan fingerprint density at radius 1 is 1.39 bits per heavy atom. The molecule has 2 unspecified atom stereocenters. The lowest BCUT2D eigenvalue weighted by Gasteiger charge is -2.42. The van der Waals surface area contributed by atoms with Gasteiger partial charge < -0.3 is 15.8 Å². The Morgan fingerprint density at radius 3 is 2.72 bits per heavy atom. The zero-order chi connectivity index (χ0) is 13.0. The smallest absolute Gasteiger partial charge is 0.237 e. The largest absolute Gasteiger partial charge is 0.378 e. The second-order valence-electron chi connectivity index (χ2n) is 5.78. The SMILES string of the molecule is CCC1CC(NC2CCCCC2)(C(N)=O)CCO1. The molecule has 2 fully saturated rings. The van der Waals surface area contributed by atoms with Gasteiger partial charge in [-0.1, -0.05) is 26.2 Å². The van der Waals surface area contributed by atoms with Crippen LogP contribution in [0.4, 0.5) is 0 Å². The van der Waals surface area contributed by atoms with E-state index in [1.165, 1.54) is 32.1 Å². The first-order valence-electron chi connectivity index (χ1n) is 7.35. The molecule has 104 valence electrons. The highest BCUT2D eigenvalue weighted by atomic mass is 16.5. The van der Waals surface area contributed by atoms with Gasteiger partial charge in [-0.2, -0.15) is 0 Å². The van der Waals surface area contributed by atoms with Crippen LogP contribution in [0.1, 0.15) is 58.3 Å². The molecule has 1 amide bonds. The number of hydrogen-bond donors (Lipinski definition) is 2. The standard InChI is InChI=1S/C14H26N2O2/c1-2-12-10-14(13(15)17,8-9-18-12)16-11-6-4-3-5-7-11/h11-12,16H,2-10H2,1H3,(H2,15,17). The molecule has 1 heterocycles. The van der Waals surface area contributed by atoms with E-state index >= 15 is 0 Å². The lowest BCUT2D eigenvalue weighted by atomic mass is 9.82. The number of rotatable bonds is 4. The molecule has 0 radical (unpaired) electrons. The minimum absolute atomic E-state index is 0.169. The van der Waals surface area contributed by atoms with Crippen molar-refractivity contribution in [1.82, 2.24) is 5.32 Å². The topological polar surface area (TPSA) is 64.3 Å². The third-order valence-corrected chi connectivity index (χ3v) is 4.47. The number of primary amides is 1. The zero-order valence-electron chi connectivity index (χ0n) is 11.4. The first kappa shape index (κ1) is 13.8. The molecule has 1 aliphatic carbocycles. The number of nitrogens with two attached hydrogens (primary N) is 1. The Balaban J connectivity index is 2.03. The summed E-state index contributed by atoms with van der Waals surface area (Å²) in [6.45, 7) is 2.74. The summed E-state index contributed by atoms with van der Waals surface area (Å²) in [5, 5.41) is 3.58. The fraction of sp³-hybridized carbons (Fsp3) is 0.929. The van der Waals surface area contributed by atoms with Gasteiger partial charge >= 0.3 is 0 Å². The maximum Gasteiger partial charge on any atom is 0.237 e. The highest BCUT2D eigenvalue weighted by Gasteiger charge is 2.42. The molecule has 0 aromatic heterocycles. The van der Waals surface area contributed by atoms with Crippen LogP contribution in [0.15, 0.2) is 0 Å². The van der Waals surface area contributed by atoms with Gasteiger partial charge in [-0.3, -0.25) is 4.79 Å². The Labute approximate surface area is 110 Å². The van der Waals surface area contributed by atoms with Crippen molar-refractivity contribution in [3.05, 3.63) is 0 Å². The molecule has 1 saturated heterocycles. The first-order chi connectivity index (χ1) is 8.66. The molecule has 4 heteroatoms. The number of ether oxygens (including phenoxy) is 1. The predicted molar refractivity (Wildman–Crippen MR) is 71.2 cm³/mol. The number of carbonyl (C=O) groups is 1. The second-order valence-corrected chi connectivity index (χ2v) is 5.78. The molecule has 0 bridgehead atoms. The summed E-state index contributed by atoms with van der Waals surface area (Å²) in [5.41, 5.74) is 5.15. The molecule has 3 N–H and O–H groups in total. The summed E-state index contributed by atoms with van der Waals surface area (Å²) in [7, 11) is 0. The van der Waals surface area contributed by atoms with Crippen molar-refractivity contribution in [1.29, 1.82) is 0 Å². The summed E-state index contributed by atoms with van der Waals surface area (Å²) in [5.74, 6) is -0.199. The fourth-order valence-electron chi connectivity index (χ4n) is 3.28. The van der Waals surface area contributed by atoms with E-state index in [1.54, 1.807) is 0 Å². The molecule has 18 heavy (non-hydrogen) atoms. The molecule has 0 aromatic rings. The van der Waals surface area contributed by atoms with Crippen LogP contribution in [0.3, 0.4) is 0 Å². The number of hydrogen-bond acceptors (Lipinski definition) is 3. The van der Waals surface area contributed by atoms with E-state index in [2.05, 4.69) is 12.2 Å². The van der Waals surface area contributed by atoms with Crippen molar-refractivity contribution in [2.75, 3.05) is 6.61 Å². The van der Waals surface area contributed by atoms with Gasteiger partial charge in [0.1, 0.15) is 5.54 Å². The van der Waals surface area contributed by atoms with Crippen LogP contribution in [0.2, 0.25) is 0 Å². The molecule has 4 nitrogen and oxygen atoms in total. The van der Waals surface area contributed by atoms with Crippen molar-refractivity contribution in [3.8, 4) is 0 Å². The quantitative estimate of drug-likeness (QED) is 0.803. The van der Waals surface area contributed by atoms with E-state index in [1.807, 2.05) is 0 Å². The third-order valence-electron chi connectivity index (χ3n) is 4.47. The van der Waals surface area contributed by atoms with Crippen LogP contribution >= 0.6 is 0 Å². The van der Waals surface area contributed by atoms with E-state index in [9.17, 15) is 4.79 Å². The van der Waals surface area contributed by atoms with Crippen molar-refractivity contribution >= 4 is 5.91 Å². The number of nitrogens with one attached hydrogen (secondary N) is 1.